The Morgan fingerprint density at radius 2 is 1.56 bits per heavy atom. The molecule has 0 spiro atoms. The third-order valence-corrected chi connectivity index (χ3v) is 8.11. The van der Waals surface area contributed by atoms with Gasteiger partial charge in [0.05, 0.1) is 11.9 Å². The number of sulfonamides is 1. The minimum Gasteiger partial charge on any atom is -0.354 e. The zero-order valence-electron chi connectivity index (χ0n) is 23.7. The van der Waals surface area contributed by atoms with E-state index in [0.717, 1.165) is 26.2 Å². The van der Waals surface area contributed by atoms with Crippen molar-refractivity contribution in [1.29, 1.82) is 0 Å². The van der Waals surface area contributed by atoms with Gasteiger partial charge >= 0.3 is 0 Å². The summed E-state index contributed by atoms with van der Waals surface area (Å²) in [6, 6.07) is 22.0. The van der Waals surface area contributed by atoms with Crippen molar-refractivity contribution >= 4 is 49.2 Å². The first kappa shape index (κ1) is 32.0. The summed E-state index contributed by atoms with van der Waals surface area (Å²) in [6.45, 7) is 5.33. The lowest BCUT2D eigenvalue weighted by atomic mass is 10.0. The molecule has 0 heterocycles. The minimum absolute atomic E-state index is 0.0871. The number of hydrogen-bond acceptors (Lipinski definition) is 5. The van der Waals surface area contributed by atoms with Crippen molar-refractivity contribution in [3.63, 3.8) is 0 Å². The number of nitrogens with one attached hydrogen (secondary N) is 1. The second-order valence-corrected chi connectivity index (χ2v) is 13.2. The Kier molecular flexibility index (Phi) is 11.3. The molecule has 0 aliphatic carbocycles. The summed E-state index contributed by atoms with van der Waals surface area (Å²) in [5.74, 6) is -0.904. The summed E-state index contributed by atoms with van der Waals surface area (Å²) < 4.78 is 27.7. The van der Waals surface area contributed by atoms with Gasteiger partial charge in [0, 0.05) is 29.5 Å². The lowest BCUT2D eigenvalue weighted by molar-refractivity contribution is -0.140. The molecule has 2 amide bonds. The van der Waals surface area contributed by atoms with Crippen LogP contribution >= 0.6 is 15.9 Å². The topological polar surface area (TPSA) is 104 Å². The number of anilines is 1. The molecule has 1 unspecified atom stereocenters. The van der Waals surface area contributed by atoms with Crippen molar-refractivity contribution in [2.24, 2.45) is 5.92 Å². The lowest BCUT2D eigenvalue weighted by Gasteiger charge is -2.33. The Morgan fingerprint density at radius 1 is 0.902 bits per heavy atom. The molecule has 0 bridgehead atoms. The molecule has 0 aliphatic heterocycles. The standard InChI is InChI=1S/C31H36BrN3O5S/c1-22(2)19-33-31(38)29(17-24-9-6-5-7-10-24)34(20-25-13-15-27(32)16-14-25)30(37)21-35(41(4,39)40)28-12-8-11-26(18-28)23(3)36/h5-16,18,22,29H,17,19-21H2,1-4H3,(H,33,38). The van der Waals surface area contributed by atoms with E-state index >= 15 is 0 Å². The van der Waals surface area contributed by atoms with Crippen LogP contribution in [0.4, 0.5) is 5.69 Å². The third kappa shape index (κ3) is 9.54. The Balaban J connectivity index is 2.06. The fourth-order valence-corrected chi connectivity index (χ4v) is 5.36. The first-order valence-electron chi connectivity index (χ1n) is 13.3. The second-order valence-electron chi connectivity index (χ2n) is 10.4. The summed E-state index contributed by atoms with van der Waals surface area (Å²) in [6.07, 6.45) is 1.25. The van der Waals surface area contributed by atoms with Crippen molar-refractivity contribution in [3.05, 3.63) is 100 Å². The molecule has 8 nitrogen and oxygen atoms in total. The van der Waals surface area contributed by atoms with Crippen molar-refractivity contribution in [3.8, 4) is 0 Å². The molecular weight excluding hydrogens is 606 g/mol. The van der Waals surface area contributed by atoms with E-state index in [1.165, 1.54) is 24.0 Å². The largest absolute Gasteiger partial charge is 0.354 e. The Morgan fingerprint density at radius 3 is 2.15 bits per heavy atom. The highest BCUT2D eigenvalue weighted by Crippen LogP contribution is 2.22. The number of halogens is 1. The van der Waals surface area contributed by atoms with Gasteiger partial charge in [-0.2, -0.15) is 0 Å². The third-order valence-electron chi connectivity index (χ3n) is 6.44. The normalized spacial score (nSPS) is 12.0. The van der Waals surface area contributed by atoms with Crippen LogP contribution in [-0.2, 0) is 32.6 Å². The Hall–Kier alpha value is -3.50. The number of rotatable bonds is 13. The van der Waals surface area contributed by atoms with Gasteiger partial charge in [-0.1, -0.05) is 84.4 Å². The van der Waals surface area contributed by atoms with Gasteiger partial charge in [0.25, 0.3) is 0 Å². The molecular formula is C31H36BrN3O5S. The van der Waals surface area contributed by atoms with Crippen molar-refractivity contribution in [2.75, 3.05) is 23.7 Å². The highest BCUT2D eigenvalue weighted by atomic mass is 79.9. The summed E-state index contributed by atoms with van der Waals surface area (Å²) in [5.41, 5.74) is 2.16. The molecule has 41 heavy (non-hydrogen) atoms. The molecule has 0 fully saturated rings. The van der Waals surface area contributed by atoms with Crippen LogP contribution in [0.15, 0.2) is 83.3 Å². The first-order valence-corrected chi connectivity index (χ1v) is 15.9. The van der Waals surface area contributed by atoms with E-state index in [1.54, 1.807) is 12.1 Å². The minimum atomic E-state index is -3.93. The number of hydrogen-bond donors (Lipinski definition) is 1. The Labute approximate surface area is 250 Å². The summed E-state index contributed by atoms with van der Waals surface area (Å²) in [5, 5.41) is 2.96. The van der Waals surface area contributed by atoms with Crippen LogP contribution in [0.2, 0.25) is 0 Å². The molecule has 1 atom stereocenters. The quantitative estimate of drug-likeness (QED) is 0.269. The summed E-state index contributed by atoms with van der Waals surface area (Å²) >= 11 is 3.43. The molecule has 10 heteroatoms. The molecule has 0 aliphatic rings. The number of amides is 2. The molecule has 1 N–H and O–H groups in total. The van der Waals surface area contributed by atoms with Crippen LogP contribution in [-0.4, -0.2) is 56.3 Å². The molecule has 0 saturated heterocycles. The van der Waals surface area contributed by atoms with Gasteiger partial charge in [0.1, 0.15) is 12.6 Å². The average molecular weight is 643 g/mol. The maximum Gasteiger partial charge on any atom is 0.244 e. The van der Waals surface area contributed by atoms with E-state index in [-0.39, 0.29) is 36.3 Å². The van der Waals surface area contributed by atoms with Crippen molar-refractivity contribution in [2.45, 2.75) is 39.8 Å². The van der Waals surface area contributed by atoms with Gasteiger partial charge in [-0.05, 0) is 48.2 Å². The number of carbonyl (C=O) groups is 3. The molecule has 0 aromatic heterocycles. The van der Waals surface area contributed by atoms with Crippen molar-refractivity contribution < 1.29 is 22.8 Å². The van der Waals surface area contributed by atoms with Gasteiger partial charge in [-0.3, -0.25) is 18.7 Å². The molecule has 0 saturated carbocycles. The van der Waals surface area contributed by atoms with E-state index in [0.29, 0.717) is 12.1 Å². The van der Waals surface area contributed by atoms with Crippen LogP contribution in [0.3, 0.4) is 0 Å². The van der Waals surface area contributed by atoms with Crippen LogP contribution in [0.1, 0.15) is 42.3 Å². The highest BCUT2D eigenvalue weighted by Gasteiger charge is 2.33. The predicted octanol–water partition coefficient (Wildman–Crippen LogP) is 4.83. The molecule has 0 radical (unpaired) electrons. The smallest absolute Gasteiger partial charge is 0.244 e. The summed E-state index contributed by atoms with van der Waals surface area (Å²) in [7, 11) is -3.93. The molecule has 3 aromatic carbocycles. The zero-order chi connectivity index (χ0) is 30.2. The molecule has 3 rings (SSSR count). The monoisotopic (exact) mass is 641 g/mol. The predicted molar refractivity (Wildman–Crippen MR) is 165 cm³/mol. The van der Waals surface area contributed by atoms with Crippen LogP contribution < -0.4 is 9.62 Å². The maximum atomic E-state index is 14.1. The van der Waals surface area contributed by atoms with Gasteiger partial charge < -0.3 is 10.2 Å². The number of benzene rings is 3. The fourth-order valence-electron chi connectivity index (χ4n) is 4.26. The summed E-state index contributed by atoms with van der Waals surface area (Å²) in [4.78, 5) is 41.2. The number of Topliss-reactive ketones (excluding diaryl/α,β-unsaturated/α-hetero) is 1. The zero-order valence-corrected chi connectivity index (χ0v) is 26.1. The maximum absolute atomic E-state index is 14.1. The van der Waals surface area contributed by atoms with Crippen LogP contribution in [0.5, 0.6) is 0 Å². The van der Waals surface area contributed by atoms with E-state index < -0.39 is 28.5 Å². The number of ketones is 1. The van der Waals surface area contributed by atoms with E-state index in [4.69, 9.17) is 0 Å². The molecule has 218 valence electrons. The second kappa shape index (κ2) is 14.4. The van der Waals surface area contributed by atoms with E-state index in [1.807, 2.05) is 68.4 Å². The van der Waals surface area contributed by atoms with Gasteiger partial charge in [0.15, 0.2) is 5.78 Å². The van der Waals surface area contributed by atoms with Gasteiger partial charge in [0.2, 0.25) is 21.8 Å². The lowest BCUT2D eigenvalue weighted by Crippen LogP contribution is -2.53. The molecule has 3 aromatic rings. The van der Waals surface area contributed by atoms with Crippen LogP contribution in [0.25, 0.3) is 0 Å². The van der Waals surface area contributed by atoms with Crippen LogP contribution in [0, 0.1) is 5.92 Å². The highest BCUT2D eigenvalue weighted by molar-refractivity contribution is 9.10. The number of nitrogens with zero attached hydrogens (tertiary/aromatic N) is 2. The van der Waals surface area contributed by atoms with Gasteiger partial charge in [-0.25, -0.2) is 8.42 Å². The fraction of sp³-hybridized carbons (Fsp3) is 0.323. The van der Waals surface area contributed by atoms with Crippen molar-refractivity contribution in [1.82, 2.24) is 10.2 Å². The number of carbonyl (C=O) groups excluding carboxylic acids is 3. The van der Waals surface area contributed by atoms with E-state index in [2.05, 4.69) is 21.2 Å². The van der Waals surface area contributed by atoms with Gasteiger partial charge in [-0.15, -0.1) is 0 Å². The first-order chi connectivity index (χ1) is 19.3. The average Bonchev–Trinajstić information content (AvgIpc) is 2.93. The van der Waals surface area contributed by atoms with E-state index in [9.17, 15) is 22.8 Å². The Bertz CT molecular complexity index is 1460. The SMILES string of the molecule is CC(=O)c1cccc(N(CC(=O)N(Cc2ccc(Br)cc2)C(Cc2ccccc2)C(=O)NCC(C)C)S(C)(=O)=O)c1.